The van der Waals surface area contributed by atoms with E-state index < -0.39 is 11.8 Å². The molecule has 3 rings (SSSR count). The summed E-state index contributed by atoms with van der Waals surface area (Å²) >= 11 is 0. The maximum atomic E-state index is 13.1. The number of halogens is 2. The second kappa shape index (κ2) is 6.04. The van der Waals surface area contributed by atoms with E-state index in [1.807, 2.05) is 0 Å². The van der Waals surface area contributed by atoms with Crippen molar-refractivity contribution in [1.29, 1.82) is 0 Å². The average Bonchev–Trinajstić information content (AvgIpc) is 3.00. The Morgan fingerprint density at radius 1 is 1.30 bits per heavy atom. The predicted octanol–water partition coefficient (Wildman–Crippen LogP) is 2.21. The van der Waals surface area contributed by atoms with E-state index in [4.69, 9.17) is 4.74 Å². The van der Waals surface area contributed by atoms with Crippen molar-refractivity contribution in [3.8, 4) is 11.4 Å². The Bertz CT molecular complexity index is 695. The lowest BCUT2D eigenvalue weighted by Crippen LogP contribution is -2.40. The van der Waals surface area contributed by atoms with Crippen LogP contribution in [-0.2, 0) is 22.0 Å². The van der Waals surface area contributed by atoms with E-state index in [1.54, 1.807) is 29.2 Å². The standard InChI is InChI=1S/C15H15F2N3O3/c1-15(16,17)14-18-13(19-23-14)11-4-2-10(3-5-11)8-20-6-7-22-9-12(20)21/h2-5H,6-9H2,1H3. The molecule has 0 saturated carbocycles. The molecule has 1 aliphatic heterocycles. The van der Waals surface area contributed by atoms with Gasteiger partial charge in [0.2, 0.25) is 11.7 Å². The van der Waals surface area contributed by atoms with Crippen LogP contribution in [0, 0.1) is 0 Å². The van der Waals surface area contributed by atoms with Gasteiger partial charge in [-0.1, -0.05) is 29.4 Å². The highest BCUT2D eigenvalue weighted by Gasteiger charge is 2.32. The Balaban J connectivity index is 1.72. The van der Waals surface area contributed by atoms with Crippen molar-refractivity contribution in [3.05, 3.63) is 35.7 Å². The fourth-order valence-corrected chi connectivity index (χ4v) is 2.22. The summed E-state index contributed by atoms with van der Waals surface area (Å²) in [4.78, 5) is 17.1. The van der Waals surface area contributed by atoms with Crippen LogP contribution in [0.25, 0.3) is 11.4 Å². The van der Waals surface area contributed by atoms with Crippen molar-refractivity contribution in [2.24, 2.45) is 0 Å². The second-order valence-electron chi connectivity index (χ2n) is 5.38. The number of ether oxygens (including phenoxy) is 1. The van der Waals surface area contributed by atoms with Crippen LogP contribution in [0.1, 0.15) is 18.4 Å². The van der Waals surface area contributed by atoms with E-state index in [-0.39, 0.29) is 18.3 Å². The number of carbonyl (C=O) groups is 1. The zero-order valence-corrected chi connectivity index (χ0v) is 12.5. The molecule has 0 unspecified atom stereocenters. The molecule has 2 aromatic rings. The molecule has 122 valence electrons. The van der Waals surface area contributed by atoms with E-state index in [9.17, 15) is 13.6 Å². The zero-order chi connectivity index (χ0) is 16.4. The summed E-state index contributed by atoms with van der Waals surface area (Å²) in [6, 6.07) is 7.03. The van der Waals surface area contributed by atoms with Crippen LogP contribution in [0.15, 0.2) is 28.8 Å². The van der Waals surface area contributed by atoms with E-state index in [1.165, 1.54) is 0 Å². The first-order valence-electron chi connectivity index (χ1n) is 7.10. The summed E-state index contributed by atoms with van der Waals surface area (Å²) in [5.41, 5.74) is 1.50. The predicted molar refractivity (Wildman–Crippen MR) is 75.5 cm³/mol. The van der Waals surface area contributed by atoms with Gasteiger partial charge in [0, 0.05) is 25.6 Å². The highest BCUT2D eigenvalue weighted by atomic mass is 19.3. The molecule has 0 atom stereocenters. The van der Waals surface area contributed by atoms with E-state index in [0.29, 0.717) is 32.2 Å². The molecule has 0 bridgehead atoms. The molecule has 0 N–H and O–H groups in total. The van der Waals surface area contributed by atoms with Crippen LogP contribution < -0.4 is 0 Å². The Labute approximate surface area is 131 Å². The number of nitrogens with zero attached hydrogens (tertiary/aromatic N) is 3. The van der Waals surface area contributed by atoms with Gasteiger partial charge in [0.05, 0.1) is 6.61 Å². The summed E-state index contributed by atoms with van der Waals surface area (Å²) in [5.74, 6) is -3.82. The Morgan fingerprint density at radius 2 is 2.04 bits per heavy atom. The number of alkyl halides is 2. The number of carbonyl (C=O) groups excluding carboxylic acids is 1. The molecule has 1 aromatic heterocycles. The molecule has 2 heterocycles. The maximum Gasteiger partial charge on any atom is 0.322 e. The number of amides is 1. The van der Waals surface area contributed by atoms with Crippen molar-refractivity contribution >= 4 is 5.91 Å². The highest BCUT2D eigenvalue weighted by Crippen LogP contribution is 2.27. The number of hydrogen-bond acceptors (Lipinski definition) is 5. The molecular weight excluding hydrogens is 308 g/mol. The fourth-order valence-electron chi connectivity index (χ4n) is 2.22. The minimum atomic E-state index is -3.16. The minimum absolute atomic E-state index is 0.0479. The molecule has 1 aliphatic rings. The highest BCUT2D eigenvalue weighted by molar-refractivity contribution is 5.78. The molecule has 0 spiro atoms. The number of aromatic nitrogens is 2. The van der Waals surface area contributed by atoms with Crippen LogP contribution in [0.2, 0.25) is 0 Å². The van der Waals surface area contributed by atoms with Gasteiger partial charge in [0.25, 0.3) is 5.89 Å². The number of morpholine rings is 1. The topological polar surface area (TPSA) is 68.5 Å². The lowest BCUT2D eigenvalue weighted by Gasteiger charge is -2.26. The van der Waals surface area contributed by atoms with Gasteiger partial charge in [-0.25, -0.2) is 0 Å². The van der Waals surface area contributed by atoms with Crippen molar-refractivity contribution in [3.63, 3.8) is 0 Å². The van der Waals surface area contributed by atoms with E-state index >= 15 is 0 Å². The quantitative estimate of drug-likeness (QED) is 0.863. The van der Waals surface area contributed by atoms with Crippen LogP contribution in [0.3, 0.4) is 0 Å². The summed E-state index contributed by atoms with van der Waals surface area (Å²) in [6.45, 7) is 2.37. The summed E-state index contributed by atoms with van der Waals surface area (Å²) in [6.07, 6.45) is 0. The van der Waals surface area contributed by atoms with Crippen LogP contribution in [-0.4, -0.2) is 40.7 Å². The van der Waals surface area contributed by atoms with Crippen LogP contribution in [0.4, 0.5) is 8.78 Å². The molecule has 0 radical (unpaired) electrons. The third kappa shape index (κ3) is 3.53. The van der Waals surface area contributed by atoms with Gasteiger partial charge in [-0.3, -0.25) is 4.79 Å². The first kappa shape index (κ1) is 15.5. The van der Waals surface area contributed by atoms with E-state index in [2.05, 4.69) is 14.7 Å². The molecular formula is C15H15F2N3O3. The molecule has 6 nitrogen and oxygen atoms in total. The first-order valence-corrected chi connectivity index (χ1v) is 7.10. The fraction of sp³-hybridized carbons (Fsp3) is 0.400. The van der Waals surface area contributed by atoms with Crippen molar-refractivity contribution in [1.82, 2.24) is 15.0 Å². The first-order chi connectivity index (χ1) is 10.9. The molecule has 1 amide bonds. The second-order valence-corrected chi connectivity index (χ2v) is 5.38. The molecule has 1 saturated heterocycles. The van der Waals surface area contributed by atoms with Gasteiger partial charge in [0.1, 0.15) is 6.61 Å². The van der Waals surface area contributed by atoms with Gasteiger partial charge in [-0.05, 0) is 5.56 Å². The van der Waals surface area contributed by atoms with Gasteiger partial charge >= 0.3 is 5.92 Å². The van der Waals surface area contributed by atoms with Crippen molar-refractivity contribution in [2.45, 2.75) is 19.4 Å². The monoisotopic (exact) mass is 323 g/mol. The third-order valence-electron chi connectivity index (χ3n) is 3.47. The summed E-state index contributed by atoms with van der Waals surface area (Å²) < 4.78 is 35.9. The van der Waals surface area contributed by atoms with E-state index in [0.717, 1.165) is 5.56 Å². The summed E-state index contributed by atoms with van der Waals surface area (Å²) in [5, 5.41) is 3.56. The molecule has 23 heavy (non-hydrogen) atoms. The number of rotatable bonds is 4. The number of hydrogen-bond donors (Lipinski definition) is 0. The number of benzene rings is 1. The Kier molecular flexibility index (Phi) is 4.08. The normalized spacial score (nSPS) is 16.0. The van der Waals surface area contributed by atoms with Crippen molar-refractivity contribution < 1.29 is 22.8 Å². The summed E-state index contributed by atoms with van der Waals surface area (Å²) in [7, 11) is 0. The largest absolute Gasteiger partial charge is 0.370 e. The van der Waals surface area contributed by atoms with Gasteiger partial charge in [-0.2, -0.15) is 13.8 Å². The molecule has 1 fully saturated rings. The molecule has 0 aliphatic carbocycles. The smallest absolute Gasteiger partial charge is 0.322 e. The Hall–Kier alpha value is -2.35. The van der Waals surface area contributed by atoms with Gasteiger partial charge < -0.3 is 14.2 Å². The van der Waals surface area contributed by atoms with Crippen LogP contribution in [0.5, 0.6) is 0 Å². The van der Waals surface area contributed by atoms with Crippen LogP contribution >= 0.6 is 0 Å². The lowest BCUT2D eigenvalue weighted by atomic mass is 10.1. The van der Waals surface area contributed by atoms with Gasteiger partial charge in [0.15, 0.2) is 0 Å². The minimum Gasteiger partial charge on any atom is -0.370 e. The van der Waals surface area contributed by atoms with Crippen molar-refractivity contribution in [2.75, 3.05) is 19.8 Å². The molecule has 8 heteroatoms. The van der Waals surface area contributed by atoms with Gasteiger partial charge in [-0.15, -0.1) is 0 Å². The third-order valence-corrected chi connectivity index (χ3v) is 3.47. The lowest BCUT2D eigenvalue weighted by molar-refractivity contribution is -0.143. The zero-order valence-electron chi connectivity index (χ0n) is 12.5. The maximum absolute atomic E-state index is 13.1. The Morgan fingerprint density at radius 3 is 2.65 bits per heavy atom. The molecule has 1 aromatic carbocycles. The average molecular weight is 323 g/mol. The SMILES string of the molecule is CC(F)(F)c1nc(-c2ccc(CN3CCOCC3=O)cc2)no1.